The fraction of sp³-hybridized carbons (Fsp3) is 0.364. The van der Waals surface area contributed by atoms with E-state index in [1.807, 2.05) is 0 Å². The van der Waals surface area contributed by atoms with E-state index >= 15 is 0 Å². The van der Waals surface area contributed by atoms with E-state index in [1.54, 1.807) is 0 Å². The van der Waals surface area contributed by atoms with Gasteiger partial charge in [-0.2, -0.15) is 0 Å². The van der Waals surface area contributed by atoms with Gasteiger partial charge >= 0.3 is 168 Å². The molecule has 2 aromatic carbocycles. The second-order valence-electron chi connectivity index (χ2n) is 6.82. The Balaban J connectivity index is 2.21. The molecule has 0 bridgehead atoms. The third kappa shape index (κ3) is 3.85. The van der Waals surface area contributed by atoms with E-state index in [9.17, 15) is 0 Å². The van der Waals surface area contributed by atoms with Gasteiger partial charge in [0.2, 0.25) is 0 Å². The number of rotatable bonds is 6. The van der Waals surface area contributed by atoms with Crippen LogP contribution in [-0.4, -0.2) is 0 Å². The molecule has 3 rings (SSSR count). The van der Waals surface area contributed by atoms with Gasteiger partial charge in [-0.3, -0.25) is 0 Å². The molecule has 1 atom stereocenters. The quantitative estimate of drug-likeness (QED) is 0.421. The van der Waals surface area contributed by atoms with E-state index in [1.165, 1.54) is 51.8 Å². The second kappa shape index (κ2) is 8.55. The van der Waals surface area contributed by atoms with Crippen LogP contribution in [0.2, 0.25) is 0 Å². The molecule has 0 radical (unpaired) electrons. The Kier molecular flexibility index (Phi) is 6.64. The Morgan fingerprint density at radius 2 is 1.80 bits per heavy atom. The van der Waals surface area contributed by atoms with Crippen molar-refractivity contribution < 1.29 is 19.4 Å². The Bertz CT molecular complexity index is 793. The van der Waals surface area contributed by atoms with Crippen LogP contribution in [0.15, 0.2) is 42.0 Å². The predicted octanol–water partition coefficient (Wildman–Crippen LogP) is 7.78. The summed E-state index contributed by atoms with van der Waals surface area (Å²) in [5, 5.41) is 0. The monoisotopic (exact) mass is 449 g/mol. The van der Waals surface area contributed by atoms with Crippen molar-refractivity contribution in [3.05, 3.63) is 64.2 Å². The molecule has 2 aromatic rings. The molecule has 0 N–H and O–H groups in total. The van der Waals surface area contributed by atoms with Gasteiger partial charge in [0.05, 0.1) is 0 Å². The fourth-order valence-electron chi connectivity index (χ4n) is 3.88. The first-order valence-corrected chi connectivity index (χ1v) is 16.9. The molecular weight excluding hydrogens is 426 g/mol. The van der Waals surface area contributed by atoms with Crippen LogP contribution in [0.4, 0.5) is 0 Å². The zero-order valence-electron chi connectivity index (χ0n) is 15.2. The van der Waals surface area contributed by atoms with Gasteiger partial charge in [0.1, 0.15) is 0 Å². The third-order valence-corrected chi connectivity index (χ3v) is 10.5. The standard InChI is InChI=1S/C22H25.2ClH.Zr/c1-4-6-10-17-14-19-13-12-18(5-2)22(21(19)15-17)20-11-8-7-9-16(20)3;;;/h7-9,11-15H,4-6,10H2,1-3H3;2*1H;/q;;;+2/p-2. The first kappa shape index (κ1) is 19.4. The van der Waals surface area contributed by atoms with Crippen LogP contribution >= 0.6 is 17.0 Å². The first-order chi connectivity index (χ1) is 12.1. The van der Waals surface area contributed by atoms with Crippen LogP contribution in [0, 0.1) is 6.92 Å². The summed E-state index contributed by atoms with van der Waals surface area (Å²) in [5.74, 6) is 0. The van der Waals surface area contributed by atoms with Crippen LogP contribution in [-0.2, 0) is 25.8 Å². The van der Waals surface area contributed by atoms with Crippen LogP contribution in [0.5, 0.6) is 0 Å². The van der Waals surface area contributed by atoms with Gasteiger partial charge in [-0.05, 0) is 0 Å². The number of aryl methyl sites for hydroxylation is 2. The molecule has 0 amide bonds. The Morgan fingerprint density at radius 1 is 1.04 bits per heavy atom. The van der Waals surface area contributed by atoms with E-state index in [-0.39, 0.29) is 0 Å². The van der Waals surface area contributed by atoms with E-state index < -0.39 is 19.4 Å². The topological polar surface area (TPSA) is 0 Å². The maximum atomic E-state index is 6.61. The molecule has 0 aromatic heterocycles. The Hall–Kier alpha value is -0.357. The zero-order valence-corrected chi connectivity index (χ0v) is 19.2. The first-order valence-electron chi connectivity index (χ1n) is 9.18. The summed E-state index contributed by atoms with van der Waals surface area (Å²) in [5.41, 5.74) is 9.71. The minimum atomic E-state index is -2.43. The third-order valence-electron chi connectivity index (χ3n) is 5.21. The van der Waals surface area contributed by atoms with Gasteiger partial charge in [0.15, 0.2) is 0 Å². The number of fused-ring (bicyclic) bond motifs is 1. The van der Waals surface area contributed by atoms with Crippen molar-refractivity contribution in [3.8, 4) is 11.1 Å². The van der Waals surface area contributed by atoms with Gasteiger partial charge in [-0.15, -0.1) is 0 Å². The molecule has 1 unspecified atom stereocenters. The predicted molar refractivity (Wildman–Crippen MR) is 108 cm³/mol. The molecule has 0 spiro atoms. The van der Waals surface area contributed by atoms with Crippen molar-refractivity contribution >= 4 is 23.1 Å². The molecule has 0 saturated heterocycles. The average molecular weight is 452 g/mol. The molecule has 1 aliphatic carbocycles. The number of allylic oxidation sites excluding steroid dienone is 1. The van der Waals surface area contributed by atoms with E-state index in [0.29, 0.717) is 3.63 Å². The molecule has 1 aliphatic rings. The number of hydrogen-bond donors (Lipinski definition) is 0. The summed E-state index contributed by atoms with van der Waals surface area (Å²) >= 11 is -2.43. The summed E-state index contributed by atoms with van der Waals surface area (Å²) in [6.45, 7) is 6.68. The van der Waals surface area contributed by atoms with Crippen molar-refractivity contribution in [2.45, 2.75) is 50.1 Å². The van der Waals surface area contributed by atoms with E-state index in [2.05, 4.69) is 63.2 Å². The molecule has 0 saturated carbocycles. The number of hydrogen-bond acceptors (Lipinski definition) is 0. The SMILES string of the molecule is CCCCC1=Cc2c(ccc(CC)c2-c2ccccc2C)[CH]1[Zr]([Cl])[Cl]. The normalized spacial score (nSPS) is 15.9. The van der Waals surface area contributed by atoms with Crippen molar-refractivity contribution in [1.29, 1.82) is 0 Å². The van der Waals surface area contributed by atoms with Crippen molar-refractivity contribution in [1.82, 2.24) is 0 Å². The summed E-state index contributed by atoms with van der Waals surface area (Å²) in [4.78, 5) is 0. The molecule has 0 fully saturated rings. The van der Waals surface area contributed by atoms with Gasteiger partial charge < -0.3 is 0 Å². The summed E-state index contributed by atoms with van der Waals surface area (Å²) in [6.07, 6.45) is 6.98. The van der Waals surface area contributed by atoms with Gasteiger partial charge in [0.25, 0.3) is 0 Å². The number of halogens is 2. The molecule has 0 nitrogen and oxygen atoms in total. The summed E-state index contributed by atoms with van der Waals surface area (Å²) in [7, 11) is 13.2. The molecular formula is C22H25Cl2Zr. The summed E-state index contributed by atoms with van der Waals surface area (Å²) < 4.78 is 0.320. The van der Waals surface area contributed by atoms with Crippen LogP contribution < -0.4 is 0 Å². The molecule has 3 heteroatoms. The minimum absolute atomic E-state index is 0.320. The second-order valence-corrected chi connectivity index (χ2v) is 15.6. The molecule has 0 aliphatic heterocycles. The average Bonchev–Trinajstić information content (AvgIpc) is 2.98. The van der Waals surface area contributed by atoms with Crippen LogP contribution in [0.1, 0.15) is 59.0 Å². The van der Waals surface area contributed by atoms with Gasteiger partial charge in [-0.1, -0.05) is 0 Å². The van der Waals surface area contributed by atoms with Crippen LogP contribution in [0.3, 0.4) is 0 Å². The number of unbranched alkanes of at least 4 members (excludes halogenated alkanes) is 1. The van der Waals surface area contributed by atoms with Crippen molar-refractivity contribution in [2.24, 2.45) is 0 Å². The molecule has 25 heavy (non-hydrogen) atoms. The number of benzene rings is 2. The Labute approximate surface area is 167 Å². The zero-order chi connectivity index (χ0) is 18.0. The fourth-order valence-corrected chi connectivity index (χ4v) is 9.37. The van der Waals surface area contributed by atoms with E-state index in [0.717, 1.165) is 12.8 Å². The molecule has 0 heterocycles. The van der Waals surface area contributed by atoms with Gasteiger partial charge in [0, 0.05) is 0 Å². The summed E-state index contributed by atoms with van der Waals surface area (Å²) in [6, 6.07) is 13.3. The van der Waals surface area contributed by atoms with E-state index in [4.69, 9.17) is 17.0 Å². The van der Waals surface area contributed by atoms with Gasteiger partial charge in [-0.25, -0.2) is 0 Å². The van der Waals surface area contributed by atoms with Crippen molar-refractivity contribution in [2.75, 3.05) is 0 Å². The van der Waals surface area contributed by atoms with Crippen LogP contribution in [0.25, 0.3) is 17.2 Å². The Morgan fingerprint density at radius 3 is 2.44 bits per heavy atom. The van der Waals surface area contributed by atoms with Crippen molar-refractivity contribution in [3.63, 3.8) is 0 Å². The maximum absolute atomic E-state index is 6.61. The molecule has 131 valence electrons.